The number of hydrogen-bond acceptors (Lipinski definition) is 6. The molecule has 11 heteroatoms. The molecule has 2 rings (SSSR count). The zero-order valence-corrected chi connectivity index (χ0v) is 13.6. The average Bonchev–Trinajstić information content (AvgIpc) is 2.80. The summed E-state index contributed by atoms with van der Waals surface area (Å²) in [5.41, 5.74) is 0.277. The minimum atomic E-state index is -2.95. The number of rotatable bonds is 7. The number of alkyl halides is 2. The molecule has 0 bridgehead atoms. The van der Waals surface area contributed by atoms with Crippen LogP contribution in [0.5, 0.6) is 5.75 Å². The summed E-state index contributed by atoms with van der Waals surface area (Å²) >= 11 is 0. The minimum absolute atomic E-state index is 0.0747. The second kappa shape index (κ2) is 8.23. The molecule has 1 aromatic rings. The largest absolute Gasteiger partial charge is 0.454 e. The van der Waals surface area contributed by atoms with Crippen molar-refractivity contribution < 1.29 is 37.4 Å². The summed E-state index contributed by atoms with van der Waals surface area (Å²) in [6.07, 6.45) is 0. The van der Waals surface area contributed by atoms with E-state index in [0.29, 0.717) is 0 Å². The van der Waals surface area contributed by atoms with E-state index in [2.05, 4.69) is 10.1 Å². The molecule has 0 unspecified atom stereocenters. The van der Waals surface area contributed by atoms with Crippen LogP contribution in [0.4, 0.5) is 19.3 Å². The quantitative estimate of drug-likeness (QED) is 0.558. The van der Waals surface area contributed by atoms with Crippen molar-refractivity contribution in [1.82, 2.24) is 9.80 Å². The number of urea groups is 1. The van der Waals surface area contributed by atoms with Gasteiger partial charge in [-0.3, -0.25) is 19.3 Å². The van der Waals surface area contributed by atoms with Gasteiger partial charge in [-0.05, 0) is 24.3 Å². The lowest BCUT2D eigenvalue weighted by molar-refractivity contribution is -0.149. The lowest BCUT2D eigenvalue weighted by atomic mass is 10.3. The molecule has 1 heterocycles. The second-order valence-electron chi connectivity index (χ2n) is 5.23. The van der Waals surface area contributed by atoms with Crippen LogP contribution >= 0.6 is 0 Å². The Morgan fingerprint density at radius 2 is 1.88 bits per heavy atom. The number of carbonyl (C=O) groups is 4. The molecule has 0 saturated carbocycles. The number of amides is 4. The fraction of sp³-hybridized carbons (Fsp3) is 0.333. The van der Waals surface area contributed by atoms with Gasteiger partial charge in [0.05, 0.1) is 0 Å². The van der Waals surface area contributed by atoms with E-state index in [1.54, 1.807) is 0 Å². The molecular weight excluding hydrogens is 356 g/mol. The summed E-state index contributed by atoms with van der Waals surface area (Å²) in [7, 11) is 1.41. The third-order valence-corrected chi connectivity index (χ3v) is 3.25. The summed E-state index contributed by atoms with van der Waals surface area (Å²) in [5.74, 6) is -2.21. The molecule has 1 fully saturated rings. The minimum Gasteiger partial charge on any atom is -0.454 e. The van der Waals surface area contributed by atoms with Gasteiger partial charge in [0.25, 0.3) is 11.8 Å². The van der Waals surface area contributed by atoms with Crippen molar-refractivity contribution in [1.29, 1.82) is 0 Å². The number of likely N-dealkylation sites (N-methyl/N-ethyl adjacent to an activating group) is 1. The fourth-order valence-corrected chi connectivity index (χ4v) is 2.06. The zero-order chi connectivity index (χ0) is 19.3. The lowest BCUT2D eigenvalue weighted by Gasteiger charge is -2.13. The molecule has 0 aromatic heterocycles. The predicted octanol–water partition coefficient (Wildman–Crippen LogP) is 0.664. The fourth-order valence-electron chi connectivity index (χ4n) is 2.06. The van der Waals surface area contributed by atoms with Crippen molar-refractivity contribution in [3.8, 4) is 5.75 Å². The van der Waals surface area contributed by atoms with Crippen LogP contribution in [-0.2, 0) is 19.1 Å². The Kier molecular flexibility index (Phi) is 6.04. The Balaban J connectivity index is 1.77. The monoisotopic (exact) mass is 371 g/mol. The maximum atomic E-state index is 12.0. The van der Waals surface area contributed by atoms with Crippen molar-refractivity contribution in [2.24, 2.45) is 0 Å². The Morgan fingerprint density at radius 1 is 1.23 bits per heavy atom. The molecular formula is C15H15F2N3O6. The van der Waals surface area contributed by atoms with E-state index in [1.807, 2.05) is 0 Å². The third kappa shape index (κ3) is 5.13. The highest BCUT2D eigenvalue weighted by Gasteiger charge is 2.35. The van der Waals surface area contributed by atoms with E-state index in [-0.39, 0.29) is 18.0 Å². The van der Waals surface area contributed by atoms with Crippen LogP contribution in [0.25, 0.3) is 0 Å². The number of halogens is 2. The van der Waals surface area contributed by atoms with Crippen molar-refractivity contribution in [3.63, 3.8) is 0 Å². The number of esters is 1. The van der Waals surface area contributed by atoms with Crippen LogP contribution in [0.3, 0.4) is 0 Å². The smallest absolute Gasteiger partial charge is 0.387 e. The third-order valence-electron chi connectivity index (χ3n) is 3.25. The lowest BCUT2D eigenvalue weighted by Crippen LogP contribution is -2.37. The number of imide groups is 1. The van der Waals surface area contributed by atoms with Crippen molar-refractivity contribution in [2.75, 3.05) is 32.1 Å². The molecule has 140 valence electrons. The molecule has 0 atom stereocenters. The Labute approximate surface area is 146 Å². The molecule has 0 spiro atoms. The molecule has 1 aromatic carbocycles. The zero-order valence-electron chi connectivity index (χ0n) is 13.6. The number of nitrogens with one attached hydrogen (secondary N) is 1. The normalized spacial score (nSPS) is 14.0. The van der Waals surface area contributed by atoms with Gasteiger partial charge in [-0.15, -0.1) is 0 Å². The molecule has 26 heavy (non-hydrogen) atoms. The highest BCUT2D eigenvalue weighted by Crippen LogP contribution is 2.17. The molecule has 4 amide bonds. The predicted molar refractivity (Wildman–Crippen MR) is 82.4 cm³/mol. The average molecular weight is 371 g/mol. The van der Waals surface area contributed by atoms with Gasteiger partial charge in [0.15, 0.2) is 6.61 Å². The molecule has 9 nitrogen and oxygen atoms in total. The number of benzene rings is 1. The van der Waals surface area contributed by atoms with Crippen LogP contribution in [0.1, 0.15) is 0 Å². The Hall–Kier alpha value is -3.24. The molecule has 0 radical (unpaired) electrons. The van der Waals surface area contributed by atoms with E-state index in [0.717, 1.165) is 9.80 Å². The summed E-state index contributed by atoms with van der Waals surface area (Å²) in [6, 6.07) is 4.50. The van der Waals surface area contributed by atoms with Gasteiger partial charge in [0, 0.05) is 12.7 Å². The Bertz CT molecular complexity index is 710. The first kappa shape index (κ1) is 19.1. The summed E-state index contributed by atoms with van der Waals surface area (Å²) in [4.78, 5) is 48.4. The summed E-state index contributed by atoms with van der Waals surface area (Å²) in [6.45, 7) is -4.31. The van der Waals surface area contributed by atoms with E-state index in [4.69, 9.17) is 4.74 Å². The molecule has 1 aliphatic rings. The summed E-state index contributed by atoms with van der Waals surface area (Å²) in [5, 5.41) is 2.38. The van der Waals surface area contributed by atoms with Crippen molar-refractivity contribution in [2.45, 2.75) is 6.61 Å². The van der Waals surface area contributed by atoms with E-state index < -0.39 is 43.6 Å². The van der Waals surface area contributed by atoms with Crippen molar-refractivity contribution in [3.05, 3.63) is 24.3 Å². The molecule has 1 saturated heterocycles. The standard InChI is InChI=1S/C15H15F2N3O6/c1-19-6-12(22)20(15(19)24)7-13(23)25-8-11(21)18-9-2-4-10(5-3-9)26-14(16)17/h2-5,14H,6-8H2,1H3,(H,18,21). The maximum Gasteiger partial charge on any atom is 0.387 e. The van der Waals surface area contributed by atoms with Crippen LogP contribution in [-0.4, -0.2) is 67.0 Å². The van der Waals surface area contributed by atoms with Gasteiger partial charge in [-0.25, -0.2) is 4.79 Å². The van der Waals surface area contributed by atoms with Crippen LogP contribution in [0, 0.1) is 0 Å². The maximum absolute atomic E-state index is 12.0. The van der Waals surface area contributed by atoms with Gasteiger partial charge in [-0.2, -0.15) is 8.78 Å². The number of carbonyl (C=O) groups excluding carboxylic acids is 4. The van der Waals surface area contributed by atoms with E-state index in [1.165, 1.54) is 31.3 Å². The number of hydrogen-bond donors (Lipinski definition) is 1. The van der Waals surface area contributed by atoms with Gasteiger partial charge in [0.2, 0.25) is 0 Å². The highest BCUT2D eigenvalue weighted by molar-refractivity contribution is 6.04. The van der Waals surface area contributed by atoms with Gasteiger partial charge < -0.3 is 19.7 Å². The summed E-state index contributed by atoms with van der Waals surface area (Å²) < 4.78 is 32.9. The first-order valence-corrected chi connectivity index (χ1v) is 7.32. The van der Waals surface area contributed by atoms with Crippen LogP contribution in [0.2, 0.25) is 0 Å². The number of ether oxygens (including phenoxy) is 2. The van der Waals surface area contributed by atoms with Gasteiger partial charge >= 0.3 is 18.6 Å². The van der Waals surface area contributed by atoms with Gasteiger partial charge in [-0.1, -0.05) is 0 Å². The van der Waals surface area contributed by atoms with E-state index >= 15 is 0 Å². The van der Waals surface area contributed by atoms with Crippen molar-refractivity contribution >= 4 is 29.5 Å². The SMILES string of the molecule is CN1CC(=O)N(CC(=O)OCC(=O)Nc2ccc(OC(F)F)cc2)C1=O. The first-order chi connectivity index (χ1) is 12.3. The van der Waals surface area contributed by atoms with Crippen LogP contribution in [0.15, 0.2) is 24.3 Å². The Morgan fingerprint density at radius 3 is 2.42 bits per heavy atom. The number of anilines is 1. The topological polar surface area (TPSA) is 105 Å². The second-order valence-corrected chi connectivity index (χ2v) is 5.23. The first-order valence-electron chi connectivity index (χ1n) is 7.32. The molecule has 0 aliphatic carbocycles. The van der Waals surface area contributed by atoms with Gasteiger partial charge in [0.1, 0.15) is 18.8 Å². The number of nitrogens with zero attached hydrogens (tertiary/aromatic N) is 2. The van der Waals surface area contributed by atoms with Crippen LogP contribution < -0.4 is 10.1 Å². The van der Waals surface area contributed by atoms with E-state index in [9.17, 15) is 28.0 Å². The molecule has 1 N–H and O–H groups in total. The highest BCUT2D eigenvalue weighted by atomic mass is 19.3. The molecule has 1 aliphatic heterocycles.